The standard InChI is InChI=1S/C16H16O3/c1-12-6-5-7-13(10-12)14(17)11-19-16-9-4-3-8-15(16)18-2/h3-10H,11H2,1-2H3. The van der Waals surface area contributed by atoms with Gasteiger partial charge in [-0.2, -0.15) is 0 Å². The van der Waals surface area contributed by atoms with E-state index in [2.05, 4.69) is 0 Å². The molecule has 98 valence electrons. The van der Waals surface area contributed by atoms with Crippen LogP contribution >= 0.6 is 0 Å². The van der Waals surface area contributed by atoms with Crippen molar-refractivity contribution in [2.45, 2.75) is 6.92 Å². The Morgan fingerprint density at radius 3 is 2.47 bits per heavy atom. The number of hydrogen-bond acceptors (Lipinski definition) is 3. The normalized spacial score (nSPS) is 10.0. The number of carbonyl (C=O) groups is 1. The van der Waals surface area contributed by atoms with Crippen LogP contribution in [0.3, 0.4) is 0 Å². The SMILES string of the molecule is COc1ccccc1OCC(=O)c1cccc(C)c1. The highest BCUT2D eigenvalue weighted by Gasteiger charge is 2.09. The number of benzene rings is 2. The van der Waals surface area contributed by atoms with Gasteiger partial charge in [-0.05, 0) is 25.1 Å². The van der Waals surface area contributed by atoms with Crippen LogP contribution in [0.1, 0.15) is 15.9 Å². The summed E-state index contributed by atoms with van der Waals surface area (Å²) in [6.07, 6.45) is 0. The first-order valence-electron chi connectivity index (χ1n) is 6.06. The quantitative estimate of drug-likeness (QED) is 0.770. The molecule has 3 nitrogen and oxygen atoms in total. The molecule has 0 aliphatic rings. The summed E-state index contributed by atoms with van der Waals surface area (Å²) in [7, 11) is 1.57. The molecule has 19 heavy (non-hydrogen) atoms. The zero-order valence-corrected chi connectivity index (χ0v) is 11.1. The van der Waals surface area contributed by atoms with Gasteiger partial charge in [-0.1, -0.05) is 35.9 Å². The fraction of sp³-hybridized carbons (Fsp3) is 0.188. The minimum atomic E-state index is -0.0467. The van der Waals surface area contributed by atoms with Gasteiger partial charge in [0.2, 0.25) is 0 Å². The third-order valence-corrected chi connectivity index (χ3v) is 2.77. The van der Waals surface area contributed by atoms with Gasteiger partial charge in [0.05, 0.1) is 7.11 Å². The number of para-hydroxylation sites is 2. The first-order chi connectivity index (χ1) is 9.20. The number of Topliss-reactive ketones (excluding diaryl/α,β-unsaturated/α-hetero) is 1. The monoisotopic (exact) mass is 256 g/mol. The molecule has 2 aromatic rings. The fourth-order valence-electron chi connectivity index (χ4n) is 1.78. The van der Waals surface area contributed by atoms with Gasteiger partial charge in [-0.15, -0.1) is 0 Å². The van der Waals surface area contributed by atoms with E-state index in [4.69, 9.17) is 9.47 Å². The van der Waals surface area contributed by atoms with Crippen LogP contribution in [0.2, 0.25) is 0 Å². The Balaban J connectivity index is 2.04. The number of hydrogen-bond donors (Lipinski definition) is 0. The Labute approximate surface area is 112 Å². The van der Waals surface area contributed by atoms with Crippen LogP contribution in [0.5, 0.6) is 11.5 Å². The highest BCUT2D eigenvalue weighted by Crippen LogP contribution is 2.25. The molecule has 3 heteroatoms. The van der Waals surface area contributed by atoms with Gasteiger partial charge >= 0.3 is 0 Å². The van der Waals surface area contributed by atoms with Crippen molar-refractivity contribution in [1.82, 2.24) is 0 Å². The largest absolute Gasteiger partial charge is 0.493 e. The molecular formula is C16H16O3. The predicted octanol–water partition coefficient (Wildman–Crippen LogP) is 3.27. The lowest BCUT2D eigenvalue weighted by atomic mass is 10.1. The predicted molar refractivity (Wildman–Crippen MR) is 74.0 cm³/mol. The molecule has 0 saturated heterocycles. The third kappa shape index (κ3) is 3.35. The molecule has 0 atom stereocenters. The minimum Gasteiger partial charge on any atom is -0.493 e. The summed E-state index contributed by atoms with van der Waals surface area (Å²) in [5.74, 6) is 1.15. The lowest BCUT2D eigenvalue weighted by molar-refractivity contribution is 0.0919. The highest BCUT2D eigenvalue weighted by molar-refractivity contribution is 5.97. The van der Waals surface area contributed by atoms with Crippen LogP contribution in [-0.4, -0.2) is 19.5 Å². The Morgan fingerprint density at radius 2 is 1.79 bits per heavy atom. The van der Waals surface area contributed by atoms with Crippen LogP contribution in [0.4, 0.5) is 0 Å². The van der Waals surface area contributed by atoms with Crippen molar-refractivity contribution in [3.63, 3.8) is 0 Å². The summed E-state index contributed by atoms with van der Waals surface area (Å²) in [5, 5.41) is 0. The van der Waals surface area contributed by atoms with E-state index in [1.54, 1.807) is 25.3 Å². The van der Waals surface area contributed by atoms with Crippen LogP contribution < -0.4 is 9.47 Å². The van der Waals surface area contributed by atoms with Crippen molar-refractivity contribution >= 4 is 5.78 Å². The molecule has 0 spiro atoms. The number of carbonyl (C=O) groups excluding carboxylic acids is 1. The number of rotatable bonds is 5. The van der Waals surface area contributed by atoms with Gasteiger partial charge in [0, 0.05) is 5.56 Å². The number of methoxy groups -OCH3 is 1. The van der Waals surface area contributed by atoms with Gasteiger partial charge in [-0.25, -0.2) is 0 Å². The summed E-state index contributed by atoms with van der Waals surface area (Å²) in [6, 6.07) is 14.7. The second-order valence-corrected chi connectivity index (χ2v) is 4.23. The van der Waals surface area contributed by atoms with Crippen molar-refractivity contribution in [1.29, 1.82) is 0 Å². The van der Waals surface area contributed by atoms with Gasteiger partial charge in [0.15, 0.2) is 23.9 Å². The average Bonchev–Trinajstić information content (AvgIpc) is 2.45. The Hall–Kier alpha value is -2.29. The van der Waals surface area contributed by atoms with Gasteiger partial charge in [0.25, 0.3) is 0 Å². The summed E-state index contributed by atoms with van der Waals surface area (Å²) >= 11 is 0. The van der Waals surface area contributed by atoms with Crippen molar-refractivity contribution < 1.29 is 14.3 Å². The van der Waals surface area contributed by atoms with Gasteiger partial charge in [0.1, 0.15) is 0 Å². The van der Waals surface area contributed by atoms with E-state index in [0.717, 1.165) is 5.56 Å². The molecular weight excluding hydrogens is 240 g/mol. The molecule has 0 amide bonds. The lowest BCUT2D eigenvalue weighted by Gasteiger charge is -2.09. The van der Waals surface area contributed by atoms with Crippen LogP contribution in [0, 0.1) is 6.92 Å². The molecule has 0 aliphatic carbocycles. The summed E-state index contributed by atoms with van der Waals surface area (Å²) in [6.45, 7) is 1.96. The van der Waals surface area contributed by atoms with Crippen LogP contribution in [-0.2, 0) is 0 Å². The van der Waals surface area contributed by atoms with E-state index in [1.165, 1.54) is 0 Å². The molecule has 0 N–H and O–H groups in total. The van der Waals surface area contributed by atoms with E-state index < -0.39 is 0 Å². The molecule has 2 aromatic carbocycles. The zero-order valence-electron chi connectivity index (χ0n) is 11.1. The Morgan fingerprint density at radius 1 is 1.05 bits per heavy atom. The topological polar surface area (TPSA) is 35.5 Å². The Kier molecular flexibility index (Phi) is 4.18. The first-order valence-corrected chi connectivity index (χ1v) is 6.06. The summed E-state index contributed by atoms with van der Waals surface area (Å²) < 4.78 is 10.7. The molecule has 0 saturated carbocycles. The van der Waals surface area contributed by atoms with E-state index in [1.807, 2.05) is 37.3 Å². The van der Waals surface area contributed by atoms with Crippen molar-refractivity contribution in [3.05, 3.63) is 59.7 Å². The van der Waals surface area contributed by atoms with E-state index in [9.17, 15) is 4.79 Å². The smallest absolute Gasteiger partial charge is 0.200 e. The molecule has 0 radical (unpaired) electrons. The third-order valence-electron chi connectivity index (χ3n) is 2.77. The molecule has 0 heterocycles. The molecule has 0 aliphatic heterocycles. The Bertz CT molecular complexity index is 576. The summed E-state index contributed by atoms with van der Waals surface area (Å²) in [4.78, 5) is 12.0. The van der Waals surface area contributed by atoms with E-state index >= 15 is 0 Å². The van der Waals surface area contributed by atoms with E-state index in [0.29, 0.717) is 17.1 Å². The second kappa shape index (κ2) is 6.05. The average molecular weight is 256 g/mol. The fourth-order valence-corrected chi connectivity index (χ4v) is 1.78. The minimum absolute atomic E-state index is 0.00380. The number of aryl methyl sites for hydroxylation is 1. The number of ketones is 1. The first kappa shape index (κ1) is 13.1. The number of ether oxygens (including phenoxy) is 2. The van der Waals surface area contributed by atoms with Gasteiger partial charge < -0.3 is 9.47 Å². The molecule has 0 aromatic heterocycles. The summed E-state index contributed by atoms with van der Waals surface area (Å²) in [5.41, 5.74) is 1.72. The van der Waals surface area contributed by atoms with Crippen molar-refractivity contribution in [2.24, 2.45) is 0 Å². The van der Waals surface area contributed by atoms with Crippen molar-refractivity contribution in [2.75, 3.05) is 13.7 Å². The van der Waals surface area contributed by atoms with Crippen LogP contribution in [0.25, 0.3) is 0 Å². The van der Waals surface area contributed by atoms with E-state index in [-0.39, 0.29) is 12.4 Å². The molecule has 0 unspecified atom stereocenters. The van der Waals surface area contributed by atoms with Crippen molar-refractivity contribution in [3.8, 4) is 11.5 Å². The lowest BCUT2D eigenvalue weighted by Crippen LogP contribution is -2.12. The maximum absolute atomic E-state index is 12.0. The second-order valence-electron chi connectivity index (χ2n) is 4.23. The molecule has 0 bridgehead atoms. The highest BCUT2D eigenvalue weighted by atomic mass is 16.5. The maximum Gasteiger partial charge on any atom is 0.200 e. The molecule has 2 rings (SSSR count). The van der Waals surface area contributed by atoms with Crippen LogP contribution in [0.15, 0.2) is 48.5 Å². The molecule has 0 fully saturated rings. The zero-order chi connectivity index (χ0) is 13.7. The van der Waals surface area contributed by atoms with Gasteiger partial charge in [-0.3, -0.25) is 4.79 Å². The maximum atomic E-state index is 12.0.